The lowest BCUT2D eigenvalue weighted by Gasteiger charge is -2.15. The van der Waals surface area contributed by atoms with Crippen LogP contribution in [0.1, 0.15) is 24.8 Å². The molecule has 0 radical (unpaired) electrons. The molecule has 2 fully saturated rings. The minimum absolute atomic E-state index is 0.0393. The highest BCUT2D eigenvalue weighted by atomic mass is 16.5. The number of nitrogens with one attached hydrogen (secondary N) is 2. The third kappa shape index (κ3) is 3.87. The summed E-state index contributed by atoms with van der Waals surface area (Å²) in [5.41, 5.74) is 3.28. The second-order valence-corrected chi connectivity index (χ2v) is 8.07. The van der Waals surface area contributed by atoms with Crippen molar-refractivity contribution in [3.05, 3.63) is 48.2 Å². The minimum atomic E-state index is 0.0393. The topological polar surface area (TPSA) is 91.4 Å². The van der Waals surface area contributed by atoms with Gasteiger partial charge in [0.1, 0.15) is 5.75 Å². The van der Waals surface area contributed by atoms with Crippen LogP contribution in [0.3, 0.4) is 0 Å². The Kier molecular flexibility index (Phi) is 4.85. The van der Waals surface area contributed by atoms with E-state index in [1.165, 1.54) is 0 Å². The van der Waals surface area contributed by atoms with Crippen LogP contribution in [0.5, 0.6) is 5.75 Å². The van der Waals surface area contributed by atoms with E-state index in [1.807, 2.05) is 36.5 Å². The van der Waals surface area contributed by atoms with Gasteiger partial charge in [-0.1, -0.05) is 0 Å². The number of amides is 1. The first-order chi connectivity index (χ1) is 14.7. The molecule has 1 aliphatic heterocycles. The van der Waals surface area contributed by atoms with E-state index in [-0.39, 0.29) is 11.8 Å². The average molecular weight is 401 g/mol. The number of hydrogen-bond donors (Lipinski definition) is 2. The Morgan fingerprint density at radius 2 is 2.17 bits per heavy atom. The SMILES string of the molecule is N#Cc1ccc(OC[C@@H]2CCNC2)c(-c2ccn3nc(NC(=O)C4CC4)cc3c2)c1. The lowest BCUT2D eigenvalue weighted by Crippen LogP contribution is -2.15. The van der Waals surface area contributed by atoms with Gasteiger partial charge in [-0.3, -0.25) is 4.79 Å². The van der Waals surface area contributed by atoms with Crippen molar-refractivity contribution in [3.63, 3.8) is 0 Å². The van der Waals surface area contributed by atoms with E-state index in [0.29, 0.717) is 23.9 Å². The first-order valence-corrected chi connectivity index (χ1v) is 10.4. The second kappa shape index (κ2) is 7.81. The molecule has 7 nitrogen and oxygen atoms in total. The van der Waals surface area contributed by atoms with Crippen LogP contribution in [0.25, 0.3) is 16.6 Å². The van der Waals surface area contributed by atoms with Gasteiger partial charge in [-0.05, 0) is 61.7 Å². The van der Waals surface area contributed by atoms with E-state index in [0.717, 1.165) is 54.7 Å². The van der Waals surface area contributed by atoms with Crippen molar-refractivity contribution in [2.75, 3.05) is 25.0 Å². The molecule has 2 aliphatic rings. The molecule has 1 aromatic carbocycles. The highest BCUT2D eigenvalue weighted by molar-refractivity contribution is 5.93. The first kappa shape index (κ1) is 18.6. The number of anilines is 1. The molecule has 1 aliphatic carbocycles. The maximum absolute atomic E-state index is 12.0. The van der Waals surface area contributed by atoms with Crippen LogP contribution in [-0.4, -0.2) is 35.2 Å². The predicted molar refractivity (Wildman–Crippen MR) is 113 cm³/mol. The number of pyridine rings is 1. The van der Waals surface area contributed by atoms with Gasteiger partial charge in [-0.15, -0.1) is 0 Å². The number of aromatic nitrogens is 2. The van der Waals surface area contributed by atoms with Gasteiger partial charge < -0.3 is 15.4 Å². The highest BCUT2D eigenvalue weighted by Crippen LogP contribution is 2.33. The number of fused-ring (bicyclic) bond motifs is 1. The molecular weight excluding hydrogens is 378 g/mol. The van der Waals surface area contributed by atoms with E-state index < -0.39 is 0 Å². The maximum atomic E-state index is 12.0. The van der Waals surface area contributed by atoms with Gasteiger partial charge >= 0.3 is 0 Å². The third-order valence-electron chi connectivity index (χ3n) is 5.72. The molecule has 5 rings (SSSR count). The Morgan fingerprint density at radius 3 is 2.93 bits per heavy atom. The maximum Gasteiger partial charge on any atom is 0.228 e. The Labute approximate surface area is 174 Å². The van der Waals surface area contributed by atoms with Gasteiger partial charge in [0, 0.05) is 36.2 Å². The Bertz CT molecular complexity index is 1140. The molecule has 30 heavy (non-hydrogen) atoms. The van der Waals surface area contributed by atoms with Gasteiger partial charge in [0.15, 0.2) is 5.82 Å². The molecule has 3 heterocycles. The van der Waals surface area contributed by atoms with Crippen LogP contribution in [-0.2, 0) is 4.79 Å². The Hall–Kier alpha value is -3.37. The summed E-state index contributed by atoms with van der Waals surface area (Å²) in [5, 5.41) is 20.0. The molecule has 1 amide bonds. The zero-order chi connectivity index (χ0) is 20.5. The molecule has 7 heteroatoms. The normalized spacial score (nSPS) is 18.3. The summed E-state index contributed by atoms with van der Waals surface area (Å²) >= 11 is 0. The molecule has 152 valence electrons. The second-order valence-electron chi connectivity index (χ2n) is 8.07. The summed E-state index contributed by atoms with van der Waals surface area (Å²) in [6.07, 6.45) is 4.89. The molecule has 3 aromatic rings. The number of rotatable bonds is 6. The lowest BCUT2D eigenvalue weighted by molar-refractivity contribution is -0.117. The largest absolute Gasteiger partial charge is 0.493 e. The Balaban J connectivity index is 1.43. The summed E-state index contributed by atoms with van der Waals surface area (Å²) in [6, 6.07) is 13.5. The lowest BCUT2D eigenvalue weighted by atomic mass is 10.0. The van der Waals surface area contributed by atoms with Crippen LogP contribution in [0, 0.1) is 23.2 Å². The van der Waals surface area contributed by atoms with Crippen molar-refractivity contribution in [1.82, 2.24) is 14.9 Å². The molecule has 0 unspecified atom stereocenters. The fourth-order valence-electron chi connectivity index (χ4n) is 3.81. The molecular formula is C23H23N5O2. The third-order valence-corrected chi connectivity index (χ3v) is 5.72. The predicted octanol–water partition coefficient (Wildman–Crippen LogP) is 3.21. The van der Waals surface area contributed by atoms with Gasteiger partial charge in [-0.2, -0.15) is 10.4 Å². The summed E-state index contributed by atoms with van der Waals surface area (Å²) < 4.78 is 7.89. The monoisotopic (exact) mass is 401 g/mol. The summed E-state index contributed by atoms with van der Waals surface area (Å²) in [7, 11) is 0. The number of benzene rings is 1. The van der Waals surface area contributed by atoms with Crippen LogP contribution in [0.15, 0.2) is 42.6 Å². The molecule has 1 saturated carbocycles. The zero-order valence-corrected chi connectivity index (χ0v) is 16.6. The smallest absolute Gasteiger partial charge is 0.228 e. The van der Waals surface area contributed by atoms with Crippen molar-refractivity contribution in [2.24, 2.45) is 11.8 Å². The van der Waals surface area contributed by atoms with Crippen molar-refractivity contribution < 1.29 is 9.53 Å². The quantitative estimate of drug-likeness (QED) is 0.662. The van der Waals surface area contributed by atoms with E-state index in [2.05, 4.69) is 21.8 Å². The molecule has 2 N–H and O–H groups in total. The molecule has 0 bridgehead atoms. The van der Waals surface area contributed by atoms with Crippen LogP contribution < -0.4 is 15.4 Å². The fourth-order valence-corrected chi connectivity index (χ4v) is 3.81. The van der Waals surface area contributed by atoms with Crippen molar-refractivity contribution >= 4 is 17.2 Å². The molecule has 2 aromatic heterocycles. The summed E-state index contributed by atoms with van der Waals surface area (Å²) in [4.78, 5) is 12.0. The average Bonchev–Trinajstić information content (AvgIpc) is 3.34. The first-order valence-electron chi connectivity index (χ1n) is 10.4. The fraction of sp³-hybridized carbons (Fsp3) is 0.348. The number of nitrogens with zero attached hydrogens (tertiary/aromatic N) is 3. The molecule has 1 atom stereocenters. The number of carbonyl (C=O) groups is 1. The van der Waals surface area contributed by atoms with E-state index >= 15 is 0 Å². The van der Waals surface area contributed by atoms with Gasteiger partial charge in [-0.25, -0.2) is 4.52 Å². The molecule has 1 saturated heterocycles. The number of nitriles is 1. The van der Waals surface area contributed by atoms with E-state index in [1.54, 1.807) is 10.6 Å². The Morgan fingerprint density at radius 1 is 1.27 bits per heavy atom. The summed E-state index contributed by atoms with van der Waals surface area (Å²) in [6.45, 7) is 2.66. The number of carbonyl (C=O) groups excluding carboxylic acids is 1. The van der Waals surface area contributed by atoms with Gasteiger partial charge in [0.05, 0.1) is 23.8 Å². The van der Waals surface area contributed by atoms with Gasteiger partial charge in [0.2, 0.25) is 5.91 Å². The number of ether oxygens (including phenoxy) is 1. The standard InChI is InChI=1S/C23H23N5O2/c24-12-15-1-4-21(30-14-16-5-7-25-13-16)20(9-15)18-6-8-28-19(10-18)11-22(27-28)26-23(29)17-2-3-17/h1,4,6,8-11,16-17,25H,2-3,5,7,13-14H2,(H,26,27,29)/t16-/m1/s1. The minimum Gasteiger partial charge on any atom is -0.493 e. The van der Waals surface area contributed by atoms with Crippen LogP contribution in [0.4, 0.5) is 5.82 Å². The summed E-state index contributed by atoms with van der Waals surface area (Å²) in [5.74, 6) is 2.00. The van der Waals surface area contributed by atoms with Crippen LogP contribution in [0.2, 0.25) is 0 Å². The molecule has 0 spiro atoms. The number of hydrogen-bond acceptors (Lipinski definition) is 5. The van der Waals surface area contributed by atoms with Gasteiger partial charge in [0.25, 0.3) is 0 Å². The van der Waals surface area contributed by atoms with E-state index in [9.17, 15) is 10.1 Å². The van der Waals surface area contributed by atoms with Crippen molar-refractivity contribution in [2.45, 2.75) is 19.3 Å². The van der Waals surface area contributed by atoms with Crippen molar-refractivity contribution in [3.8, 4) is 22.9 Å². The highest BCUT2D eigenvalue weighted by Gasteiger charge is 2.30. The van der Waals surface area contributed by atoms with Crippen LogP contribution >= 0.6 is 0 Å². The zero-order valence-electron chi connectivity index (χ0n) is 16.6. The van der Waals surface area contributed by atoms with E-state index in [4.69, 9.17) is 4.74 Å². The van der Waals surface area contributed by atoms with Crippen molar-refractivity contribution in [1.29, 1.82) is 5.26 Å².